The Bertz CT molecular complexity index is 732. The highest BCUT2D eigenvalue weighted by Gasteiger charge is 2.29. The standard InChI is InChI=1S/C17H19N3O4/c21-16-15(18-7-8-19-16)17(22)20-13-6-9-23-11-14(13)24-10-12-4-2-1-3-5-12/h1-5,7-8,13-14H,6,9-11H2,(H,19,21)(H,20,22)/t13-,14-/m1/s1. The number of hydrogen-bond donors (Lipinski definition) is 2. The molecule has 1 fully saturated rings. The van der Waals surface area contributed by atoms with Gasteiger partial charge in [-0.25, -0.2) is 4.98 Å². The largest absolute Gasteiger partial charge is 0.379 e. The van der Waals surface area contributed by atoms with Gasteiger partial charge in [0.15, 0.2) is 5.69 Å². The Morgan fingerprint density at radius 3 is 3.00 bits per heavy atom. The average Bonchev–Trinajstić information content (AvgIpc) is 2.62. The fraction of sp³-hybridized carbons (Fsp3) is 0.353. The van der Waals surface area contributed by atoms with E-state index in [1.807, 2.05) is 30.3 Å². The minimum atomic E-state index is -0.510. The quantitative estimate of drug-likeness (QED) is 0.849. The number of ether oxygens (including phenoxy) is 2. The third kappa shape index (κ3) is 4.06. The molecule has 2 aromatic rings. The molecule has 1 amide bonds. The van der Waals surface area contributed by atoms with Crippen molar-refractivity contribution in [3.63, 3.8) is 0 Å². The van der Waals surface area contributed by atoms with Gasteiger partial charge < -0.3 is 19.8 Å². The molecular weight excluding hydrogens is 310 g/mol. The Balaban J connectivity index is 1.63. The first-order valence-corrected chi connectivity index (χ1v) is 7.82. The van der Waals surface area contributed by atoms with Crippen molar-refractivity contribution in [2.24, 2.45) is 0 Å². The molecule has 0 unspecified atom stereocenters. The van der Waals surface area contributed by atoms with Gasteiger partial charge in [0.25, 0.3) is 11.5 Å². The molecule has 3 rings (SSSR count). The van der Waals surface area contributed by atoms with Gasteiger partial charge in [-0.2, -0.15) is 0 Å². The second kappa shape index (κ2) is 7.85. The van der Waals surface area contributed by atoms with Crippen LogP contribution in [0.4, 0.5) is 0 Å². The predicted octanol–water partition coefficient (Wildman–Crippen LogP) is 0.874. The molecule has 2 N–H and O–H groups in total. The Labute approximate surface area is 139 Å². The van der Waals surface area contributed by atoms with Crippen LogP contribution in [0.5, 0.6) is 0 Å². The van der Waals surface area contributed by atoms with Crippen LogP contribution in [0.3, 0.4) is 0 Å². The van der Waals surface area contributed by atoms with Gasteiger partial charge in [-0.3, -0.25) is 9.59 Å². The van der Waals surface area contributed by atoms with Crippen molar-refractivity contribution < 1.29 is 14.3 Å². The van der Waals surface area contributed by atoms with E-state index < -0.39 is 11.5 Å². The highest BCUT2D eigenvalue weighted by atomic mass is 16.5. The van der Waals surface area contributed by atoms with E-state index in [0.29, 0.717) is 26.2 Å². The van der Waals surface area contributed by atoms with E-state index in [4.69, 9.17) is 9.47 Å². The van der Waals surface area contributed by atoms with Gasteiger partial charge in [0.2, 0.25) is 0 Å². The van der Waals surface area contributed by atoms with Crippen LogP contribution in [-0.2, 0) is 16.1 Å². The summed E-state index contributed by atoms with van der Waals surface area (Å²) in [6.45, 7) is 1.37. The first kappa shape index (κ1) is 16.4. The molecule has 1 saturated heterocycles. The van der Waals surface area contributed by atoms with Gasteiger partial charge in [-0.05, 0) is 12.0 Å². The van der Waals surface area contributed by atoms with Gasteiger partial charge in [0.1, 0.15) is 6.10 Å². The summed E-state index contributed by atoms with van der Waals surface area (Å²) in [5.41, 5.74) is 0.393. The van der Waals surface area contributed by atoms with E-state index in [1.165, 1.54) is 12.4 Å². The predicted molar refractivity (Wildman–Crippen MR) is 86.6 cm³/mol. The lowest BCUT2D eigenvalue weighted by Crippen LogP contribution is -2.50. The molecule has 0 saturated carbocycles. The zero-order valence-corrected chi connectivity index (χ0v) is 13.1. The van der Waals surface area contributed by atoms with Crippen LogP contribution in [-0.4, -0.2) is 41.2 Å². The summed E-state index contributed by atoms with van der Waals surface area (Å²) in [6, 6.07) is 9.57. The minimum absolute atomic E-state index is 0.147. The summed E-state index contributed by atoms with van der Waals surface area (Å²) < 4.78 is 11.4. The second-order valence-electron chi connectivity index (χ2n) is 5.55. The maximum absolute atomic E-state index is 12.3. The highest BCUT2D eigenvalue weighted by molar-refractivity contribution is 5.92. The van der Waals surface area contributed by atoms with E-state index in [1.54, 1.807) is 0 Å². The zero-order chi connectivity index (χ0) is 16.8. The third-order valence-electron chi connectivity index (χ3n) is 3.85. The van der Waals surface area contributed by atoms with Crippen LogP contribution in [0.25, 0.3) is 0 Å². The fourth-order valence-electron chi connectivity index (χ4n) is 2.57. The van der Waals surface area contributed by atoms with Crippen molar-refractivity contribution in [1.29, 1.82) is 0 Å². The number of rotatable bonds is 5. The summed E-state index contributed by atoms with van der Waals surface area (Å²) in [7, 11) is 0. The molecule has 0 aliphatic carbocycles. The lowest BCUT2D eigenvalue weighted by molar-refractivity contribution is -0.0736. The smallest absolute Gasteiger partial charge is 0.279 e. The van der Waals surface area contributed by atoms with Crippen LogP contribution >= 0.6 is 0 Å². The average molecular weight is 329 g/mol. The summed E-state index contributed by atoms with van der Waals surface area (Å²) in [6.07, 6.45) is 3.12. The van der Waals surface area contributed by atoms with Gasteiger partial charge in [-0.15, -0.1) is 0 Å². The maximum atomic E-state index is 12.3. The molecule has 7 nitrogen and oxygen atoms in total. The van der Waals surface area contributed by atoms with Crippen molar-refractivity contribution in [2.45, 2.75) is 25.2 Å². The number of aromatic amines is 1. The molecule has 1 aliphatic heterocycles. The van der Waals surface area contributed by atoms with Crippen molar-refractivity contribution in [1.82, 2.24) is 15.3 Å². The number of aromatic nitrogens is 2. The number of H-pyrrole nitrogens is 1. The Kier molecular flexibility index (Phi) is 5.35. The van der Waals surface area contributed by atoms with E-state index >= 15 is 0 Å². The second-order valence-corrected chi connectivity index (χ2v) is 5.55. The highest BCUT2D eigenvalue weighted by Crippen LogP contribution is 2.14. The Morgan fingerprint density at radius 1 is 1.38 bits per heavy atom. The fourth-order valence-corrected chi connectivity index (χ4v) is 2.57. The van der Waals surface area contributed by atoms with Gasteiger partial charge in [0, 0.05) is 19.0 Å². The molecule has 126 valence electrons. The van der Waals surface area contributed by atoms with Crippen LogP contribution in [0, 0.1) is 0 Å². The summed E-state index contributed by atoms with van der Waals surface area (Å²) in [4.78, 5) is 30.2. The van der Waals surface area contributed by atoms with Crippen LogP contribution in [0.15, 0.2) is 47.5 Å². The topological polar surface area (TPSA) is 93.3 Å². The van der Waals surface area contributed by atoms with E-state index in [-0.39, 0.29) is 17.8 Å². The van der Waals surface area contributed by atoms with Gasteiger partial charge in [-0.1, -0.05) is 30.3 Å². The van der Waals surface area contributed by atoms with E-state index in [0.717, 1.165) is 5.56 Å². The molecule has 0 bridgehead atoms. The molecule has 2 atom stereocenters. The lowest BCUT2D eigenvalue weighted by Gasteiger charge is -2.32. The monoisotopic (exact) mass is 329 g/mol. The number of nitrogens with zero attached hydrogens (tertiary/aromatic N) is 1. The third-order valence-corrected chi connectivity index (χ3v) is 3.85. The van der Waals surface area contributed by atoms with Crippen molar-refractivity contribution in [3.8, 4) is 0 Å². The molecule has 1 aromatic heterocycles. The van der Waals surface area contributed by atoms with Crippen LogP contribution < -0.4 is 10.9 Å². The van der Waals surface area contributed by atoms with Crippen LogP contribution in [0.2, 0.25) is 0 Å². The Hall–Kier alpha value is -2.51. The Morgan fingerprint density at radius 2 is 2.21 bits per heavy atom. The first-order chi connectivity index (χ1) is 11.7. The number of nitrogens with one attached hydrogen (secondary N) is 2. The summed E-state index contributed by atoms with van der Waals surface area (Å²) >= 11 is 0. The van der Waals surface area contributed by atoms with Crippen molar-refractivity contribution in [3.05, 3.63) is 64.3 Å². The number of hydrogen-bond acceptors (Lipinski definition) is 5. The van der Waals surface area contributed by atoms with Crippen LogP contribution in [0.1, 0.15) is 22.5 Å². The molecular formula is C17H19N3O4. The molecule has 0 spiro atoms. The number of carbonyl (C=O) groups excluding carboxylic acids is 1. The van der Waals surface area contributed by atoms with Crippen molar-refractivity contribution >= 4 is 5.91 Å². The van der Waals surface area contributed by atoms with E-state index in [2.05, 4.69) is 15.3 Å². The van der Waals surface area contributed by atoms with Gasteiger partial charge in [0.05, 0.1) is 19.3 Å². The van der Waals surface area contributed by atoms with E-state index in [9.17, 15) is 9.59 Å². The molecule has 0 radical (unpaired) electrons. The normalized spacial score (nSPS) is 20.5. The van der Waals surface area contributed by atoms with Gasteiger partial charge >= 0.3 is 0 Å². The molecule has 24 heavy (non-hydrogen) atoms. The summed E-state index contributed by atoms with van der Waals surface area (Å²) in [5.74, 6) is -0.503. The molecule has 2 heterocycles. The lowest BCUT2D eigenvalue weighted by atomic mass is 10.1. The van der Waals surface area contributed by atoms with Crippen molar-refractivity contribution in [2.75, 3.05) is 13.2 Å². The summed E-state index contributed by atoms with van der Waals surface area (Å²) in [5, 5.41) is 2.84. The SMILES string of the molecule is O=C(N[C@@H]1CCOC[C@H]1OCc1ccccc1)c1ncc[nH]c1=O. The first-order valence-electron chi connectivity index (χ1n) is 7.82. The number of benzene rings is 1. The minimum Gasteiger partial charge on any atom is -0.379 e. The zero-order valence-electron chi connectivity index (χ0n) is 13.1. The number of carbonyl (C=O) groups is 1. The number of amides is 1. The maximum Gasteiger partial charge on any atom is 0.279 e. The molecule has 1 aliphatic rings. The molecule has 1 aromatic carbocycles. The molecule has 7 heteroatoms.